The summed E-state index contributed by atoms with van der Waals surface area (Å²) in [6.45, 7) is -0.521. The van der Waals surface area contributed by atoms with Crippen LogP contribution in [0.5, 0.6) is 0 Å². The van der Waals surface area contributed by atoms with Crippen LogP contribution in [0.4, 0.5) is 4.79 Å². The van der Waals surface area contributed by atoms with E-state index in [1.807, 2.05) is 18.2 Å². The Hall–Kier alpha value is -1.68. The minimum Gasteiger partial charge on any atom is -0.459 e. The van der Waals surface area contributed by atoms with E-state index in [0.717, 1.165) is 22.2 Å². The summed E-state index contributed by atoms with van der Waals surface area (Å²) < 4.78 is 8.11. The fourth-order valence-electron chi connectivity index (χ4n) is 2.84. The van der Waals surface area contributed by atoms with Crippen LogP contribution in [0.15, 0.2) is 30.3 Å². The Morgan fingerprint density at radius 1 is 1.17 bits per heavy atom. The van der Waals surface area contributed by atoms with Gasteiger partial charge in [0.25, 0.3) is 0 Å². The number of β-lactam (4-membered cyclic amide) rings is 1. The summed E-state index contributed by atoms with van der Waals surface area (Å²) in [6, 6.07) is 6.68. The number of alkyl carbamates (subject to hydrolysis) is 1. The number of rotatable bonds is 5. The average Bonchev–Trinajstić information content (AvgIpc) is 2.68. The number of hydrogen-bond donors (Lipinski definition) is 1. The van der Waals surface area contributed by atoms with Crippen LogP contribution in [0.3, 0.4) is 0 Å². The maximum atomic E-state index is 12.5. The number of ketones is 1. The van der Waals surface area contributed by atoms with Crippen LogP contribution in [0.25, 0.3) is 0 Å². The molecule has 0 radical (unpaired) electrons. The van der Waals surface area contributed by atoms with Gasteiger partial charge in [0, 0.05) is 0 Å². The van der Waals surface area contributed by atoms with Gasteiger partial charge >= 0.3 is 12.1 Å². The lowest BCUT2D eigenvalue weighted by molar-refractivity contribution is -0.167. The minimum absolute atomic E-state index is 0.0285. The summed E-state index contributed by atoms with van der Waals surface area (Å²) in [5.41, 5.74) is 0.790. The summed E-state index contributed by atoms with van der Waals surface area (Å²) >= 11 is 17.7. The summed E-state index contributed by atoms with van der Waals surface area (Å²) in [4.78, 5) is 50.0. The highest BCUT2D eigenvalue weighted by atomic mass is 35.6. The largest absolute Gasteiger partial charge is 0.459 e. The van der Waals surface area contributed by atoms with Crippen molar-refractivity contribution in [1.82, 2.24) is 10.2 Å². The third-order valence-electron chi connectivity index (χ3n) is 4.15. The Balaban J connectivity index is 1.57. The van der Waals surface area contributed by atoms with E-state index in [9.17, 15) is 19.2 Å². The molecule has 29 heavy (non-hydrogen) atoms. The first-order valence-corrected chi connectivity index (χ1v) is 10.5. The Labute approximate surface area is 185 Å². The van der Waals surface area contributed by atoms with E-state index in [0.29, 0.717) is 0 Å². The standard InChI is InChI=1S/C17H15Cl3N2O6S/c18-17(19,20)8-28-15(25)12-10(23)7-29-14-11(13(24)22(12)14)21-16(26)27-6-9-4-2-1-3-5-9/h1-5,11-12,14H,6-8H2,(H,21,26)/t11?,12?,14-/m0/s1. The van der Waals surface area contributed by atoms with Gasteiger partial charge in [0.2, 0.25) is 9.70 Å². The number of benzene rings is 1. The number of esters is 1. The van der Waals surface area contributed by atoms with Crippen molar-refractivity contribution in [3.05, 3.63) is 35.9 Å². The van der Waals surface area contributed by atoms with Crippen molar-refractivity contribution in [2.24, 2.45) is 0 Å². The maximum Gasteiger partial charge on any atom is 0.408 e. The highest BCUT2D eigenvalue weighted by molar-refractivity contribution is 8.00. The number of alkyl halides is 3. The first kappa shape index (κ1) is 22.0. The van der Waals surface area contributed by atoms with Crippen LogP contribution in [0, 0.1) is 0 Å². The molecule has 2 unspecified atom stereocenters. The molecule has 156 valence electrons. The number of Topliss-reactive ketones (excluding diaryl/α,β-unsaturated/α-hetero) is 1. The summed E-state index contributed by atoms with van der Waals surface area (Å²) in [5.74, 6) is -2.11. The van der Waals surface area contributed by atoms with Crippen LogP contribution < -0.4 is 5.32 Å². The Bertz CT molecular complexity index is 819. The van der Waals surface area contributed by atoms with Crippen molar-refractivity contribution in [2.75, 3.05) is 12.4 Å². The lowest BCUT2D eigenvalue weighted by Crippen LogP contribution is -2.76. The van der Waals surface area contributed by atoms with Gasteiger partial charge in [-0.25, -0.2) is 9.59 Å². The molecule has 0 aliphatic carbocycles. The predicted octanol–water partition coefficient (Wildman–Crippen LogP) is 2.05. The second-order valence-electron chi connectivity index (χ2n) is 6.22. The molecule has 1 aromatic rings. The van der Waals surface area contributed by atoms with Crippen molar-refractivity contribution in [3.8, 4) is 0 Å². The topological polar surface area (TPSA) is 102 Å². The van der Waals surface area contributed by atoms with Crippen LogP contribution in [-0.4, -0.2) is 62.3 Å². The Kier molecular flexibility index (Phi) is 6.83. The van der Waals surface area contributed by atoms with E-state index in [-0.39, 0.29) is 12.4 Å². The molecule has 1 N–H and O–H groups in total. The van der Waals surface area contributed by atoms with Gasteiger partial charge in [0.1, 0.15) is 24.6 Å². The molecule has 2 amide bonds. The molecule has 1 aromatic carbocycles. The third kappa shape index (κ3) is 5.28. The quantitative estimate of drug-likeness (QED) is 0.297. The number of hydrogen-bond acceptors (Lipinski definition) is 7. The van der Waals surface area contributed by atoms with Crippen molar-refractivity contribution in [1.29, 1.82) is 0 Å². The van der Waals surface area contributed by atoms with E-state index in [1.165, 1.54) is 0 Å². The van der Waals surface area contributed by atoms with Crippen LogP contribution in [-0.2, 0) is 30.5 Å². The molecule has 0 spiro atoms. The smallest absolute Gasteiger partial charge is 0.408 e. The zero-order valence-corrected chi connectivity index (χ0v) is 17.8. The van der Waals surface area contributed by atoms with E-state index in [1.54, 1.807) is 12.1 Å². The van der Waals surface area contributed by atoms with Crippen molar-refractivity contribution < 1.29 is 28.7 Å². The van der Waals surface area contributed by atoms with Gasteiger partial charge in [-0.1, -0.05) is 65.1 Å². The SMILES string of the molecule is O=C(NC1C(=O)N2C(C(=O)OCC(Cl)(Cl)Cl)C(=O)CS[C@@H]12)OCc1ccccc1. The molecule has 0 aromatic heterocycles. The highest BCUT2D eigenvalue weighted by Gasteiger charge is 2.58. The number of nitrogens with one attached hydrogen (secondary N) is 1. The third-order valence-corrected chi connectivity index (χ3v) is 5.77. The Morgan fingerprint density at radius 3 is 2.52 bits per heavy atom. The second kappa shape index (κ2) is 8.99. The first-order valence-electron chi connectivity index (χ1n) is 8.34. The lowest BCUT2D eigenvalue weighted by atomic mass is 10.0. The molecule has 2 fully saturated rings. The number of ether oxygens (including phenoxy) is 2. The van der Waals surface area contributed by atoms with Crippen LogP contribution in [0.1, 0.15) is 5.56 Å². The molecular weight excluding hydrogens is 467 g/mol. The first-order chi connectivity index (χ1) is 13.7. The number of carbonyl (C=O) groups excluding carboxylic acids is 4. The molecule has 3 atom stereocenters. The molecule has 12 heteroatoms. The van der Waals surface area contributed by atoms with Gasteiger partial charge in [-0.2, -0.15) is 0 Å². The Morgan fingerprint density at radius 2 is 1.86 bits per heavy atom. The van der Waals surface area contributed by atoms with E-state index < -0.39 is 51.6 Å². The summed E-state index contributed by atoms with van der Waals surface area (Å²) in [7, 11) is 0. The van der Waals surface area contributed by atoms with Gasteiger partial charge in [0.05, 0.1) is 5.75 Å². The fraction of sp³-hybridized carbons (Fsp3) is 0.412. The normalized spacial score (nSPS) is 23.7. The number of amides is 2. The molecule has 3 rings (SSSR count). The second-order valence-corrected chi connectivity index (χ2v) is 9.84. The maximum absolute atomic E-state index is 12.5. The monoisotopic (exact) mass is 480 g/mol. The molecule has 2 aliphatic heterocycles. The van der Waals surface area contributed by atoms with Crippen molar-refractivity contribution >= 4 is 70.3 Å². The lowest BCUT2D eigenvalue weighted by Gasteiger charge is -2.51. The molecule has 0 saturated carbocycles. The number of fused-ring (bicyclic) bond motifs is 1. The van der Waals surface area contributed by atoms with Gasteiger partial charge in [-0.15, -0.1) is 11.8 Å². The molecule has 2 aliphatic rings. The number of nitrogens with zero attached hydrogens (tertiary/aromatic N) is 1. The van der Waals surface area contributed by atoms with Crippen molar-refractivity contribution in [2.45, 2.75) is 27.9 Å². The molecule has 0 bridgehead atoms. The van der Waals surface area contributed by atoms with Crippen molar-refractivity contribution in [3.63, 3.8) is 0 Å². The highest BCUT2D eigenvalue weighted by Crippen LogP contribution is 2.37. The average molecular weight is 482 g/mol. The van der Waals surface area contributed by atoms with Crippen LogP contribution >= 0.6 is 46.6 Å². The molecule has 2 saturated heterocycles. The molecule has 8 nitrogen and oxygen atoms in total. The van der Waals surface area contributed by atoms with Gasteiger partial charge in [-0.05, 0) is 5.56 Å². The van der Waals surface area contributed by atoms with E-state index in [2.05, 4.69) is 5.32 Å². The van der Waals surface area contributed by atoms with Crippen LogP contribution in [0.2, 0.25) is 0 Å². The number of halogens is 3. The zero-order chi connectivity index (χ0) is 21.2. The van der Waals surface area contributed by atoms with Gasteiger partial charge in [-0.3, -0.25) is 9.59 Å². The van der Waals surface area contributed by atoms with Gasteiger partial charge < -0.3 is 19.7 Å². The fourth-order valence-corrected chi connectivity index (χ4v) is 4.26. The zero-order valence-electron chi connectivity index (χ0n) is 14.7. The van der Waals surface area contributed by atoms with E-state index in [4.69, 9.17) is 44.3 Å². The number of thioether (sulfide) groups is 1. The molecule has 2 heterocycles. The summed E-state index contributed by atoms with van der Waals surface area (Å²) in [5, 5.41) is 1.86. The number of carbonyl (C=O) groups is 4. The predicted molar refractivity (Wildman–Crippen MR) is 107 cm³/mol. The summed E-state index contributed by atoms with van der Waals surface area (Å²) in [6.07, 6.45) is -0.778. The molecular formula is C17H15Cl3N2O6S. The van der Waals surface area contributed by atoms with Gasteiger partial charge in [0.15, 0.2) is 11.8 Å². The van der Waals surface area contributed by atoms with E-state index >= 15 is 0 Å². The minimum atomic E-state index is -1.84.